The van der Waals surface area contributed by atoms with Gasteiger partial charge in [0, 0.05) is 23.6 Å². The highest BCUT2D eigenvalue weighted by Crippen LogP contribution is 2.27. The Morgan fingerprint density at radius 3 is 2.59 bits per heavy atom. The third kappa shape index (κ3) is 4.19. The zero-order valence-corrected chi connectivity index (χ0v) is 16.1. The summed E-state index contributed by atoms with van der Waals surface area (Å²) in [6, 6.07) is 15.8. The zero-order chi connectivity index (χ0) is 19.4. The Balaban J connectivity index is 1.86. The van der Waals surface area contributed by atoms with E-state index in [4.69, 9.17) is 9.26 Å². The summed E-state index contributed by atoms with van der Waals surface area (Å²) in [4.78, 5) is 12.8. The summed E-state index contributed by atoms with van der Waals surface area (Å²) >= 11 is 0. The lowest BCUT2D eigenvalue weighted by atomic mass is 10.0. The predicted molar refractivity (Wildman–Crippen MR) is 106 cm³/mol. The fraction of sp³-hybridized carbons (Fsp3) is 0.273. The van der Waals surface area contributed by atoms with Gasteiger partial charge < -0.3 is 14.6 Å². The van der Waals surface area contributed by atoms with E-state index in [2.05, 4.69) is 22.6 Å². The van der Waals surface area contributed by atoms with Crippen LogP contribution in [0.3, 0.4) is 0 Å². The van der Waals surface area contributed by atoms with Gasteiger partial charge in [-0.3, -0.25) is 4.79 Å². The van der Waals surface area contributed by atoms with Crippen LogP contribution >= 0.6 is 0 Å². The first-order valence-corrected chi connectivity index (χ1v) is 8.98. The lowest BCUT2D eigenvalue weighted by molar-refractivity contribution is 0.102. The number of ether oxygens (including phenoxy) is 1. The summed E-state index contributed by atoms with van der Waals surface area (Å²) in [5.74, 6) is 1.26. The van der Waals surface area contributed by atoms with Crippen LogP contribution < -0.4 is 10.1 Å². The molecule has 1 heterocycles. The molecule has 0 saturated carbocycles. The van der Waals surface area contributed by atoms with Crippen LogP contribution in [0.1, 0.15) is 52.7 Å². The number of anilines is 1. The summed E-state index contributed by atoms with van der Waals surface area (Å²) in [5, 5.41) is 6.91. The molecule has 3 rings (SSSR count). The molecule has 3 aromatic rings. The monoisotopic (exact) mass is 364 g/mol. The van der Waals surface area contributed by atoms with E-state index < -0.39 is 0 Å². The molecule has 0 radical (unpaired) electrons. The van der Waals surface area contributed by atoms with Crippen LogP contribution in [0.25, 0.3) is 0 Å². The first kappa shape index (κ1) is 18.7. The topological polar surface area (TPSA) is 64.4 Å². The van der Waals surface area contributed by atoms with Crippen molar-refractivity contribution in [3.63, 3.8) is 0 Å². The lowest BCUT2D eigenvalue weighted by Gasteiger charge is -2.12. The van der Waals surface area contributed by atoms with Crippen molar-refractivity contribution in [2.24, 2.45) is 0 Å². The van der Waals surface area contributed by atoms with E-state index in [1.165, 1.54) is 5.56 Å². The van der Waals surface area contributed by atoms with Crippen molar-refractivity contribution in [1.29, 1.82) is 0 Å². The van der Waals surface area contributed by atoms with E-state index in [-0.39, 0.29) is 11.8 Å². The number of carbonyl (C=O) groups is 1. The molecule has 1 N–H and O–H groups in total. The van der Waals surface area contributed by atoms with Gasteiger partial charge >= 0.3 is 0 Å². The average molecular weight is 364 g/mol. The summed E-state index contributed by atoms with van der Waals surface area (Å²) in [6.45, 7) is 5.73. The van der Waals surface area contributed by atoms with Crippen molar-refractivity contribution in [3.8, 4) is 5.75 Å². The molecule has 0 aliphatic carbocycles. The Hall–Kier alpha value is -3.08. The maximum Gasteiger partial charge on any atom is 0.261 e. The Bertz CT molecular complexity index is 930. The van der Waals surface area contributed by atoms with E-state index in [0.29, 0.717) is 22.7 Å². The Kier molecular flexibility index (Phi) is 5.60. The van der Waals surface area contributed by atoms with Crippen molar-refractivity contribution >= 4 is 11.6 Å². The third-order valence-electron chi connectivity index (χ3n) is 4.42. The van der Waals surface area contributed by atoms with Crippen molar-refractivity contribution in [1.82, 2.24) is 5.16 Å². The van der Waals surface area contributed by atoms with Gasteiger partial charge in [-0.15, -0.1) is 0 Å². The minimum Gasteiger partial charge on any atom is -0.496 e. The largest absolute Gasteiger partial charge is 0.496 e. The average Bonchev–Trinajstić information content (AvgIpc) is 3.05. The van der Waals surface area contributed by atoms with E-state index in [0.717, 1.165) is 17.7 Å². The van der Waals surface area contributed by atoms with Crippen molar-refractivity contribution < 1.29 is 14.1 Å². The number of carbonyl (C=O) groups excluding carboxylic acids is 1. The maximum atomic E-state index is 12.8. The van der Waals surface area contributed by atoms with Crippen LogP contribution in [0, 0.1) is 6.92 Å². The smallest absolute Gasteiger partial charge is 0.261 e. The highest BCUT2D eigenvalue weighted by Gasteiger charge is 2.22. The molecule has 2 aromatic carbocycles. The fourth-order valence-corrected chi connectivity index (χ4v) is 3.06. The molecule has 0 fully saturated rings. The molecule has 0 aliphatic heterocycles. The molecule has 27 heavy (non-hydrogen) atoms. The molecule has 0 aliphatic rings. The Morgan fingerprint density at radius 2 is 1.93 bits per heavy atom. The maximum absolute atomic E-state index is 12.8. The van der Waals surface area contributed by atoms with Gasteiger partial charge in [-0.2, -0.15) is 0 Å². The summed E-state index contributed by atoms with van der Waals surface area (Å²) in [7, 11) is 1.65. The third-order valence-corrected chi connectivity index (χ3v) is 4.42. The van der Waals surface area contributed by atoms with E-state index in [1.807, 2.05) is 50.2 Å². The SMILES string of the molecule is COc1ccc(NC(=O)c2c(C)noc2C(C)C)cc1Cc1ccccc1. The molecule has 5 nitrogen and oxygen atoms in total. The van der Waals surface area contributed by atoms with Crippen molar-refractivity contribution in [2.75, 3.05) is 12.4 Å². The first-order valence-electron chi connectivity index (χ1n) is 8.98. The summed E-state index contributed by atoms with van der Waals surface area (Å²) in [5.41, 5.74) is 3.99. The molecule has 140 valence electrons. The second kappa shape index (κ2) is 8.08. The van der Waals surface area contributed by atoms with Crippen LogP contribution in [-0.2, 0) is 6.42 Å². The number of hydrogen-bond acceptors (Lipinski definition) is 4. The number of amides is 1. The lowest BCUT2D eigenvalue weighted by Crippen LogP contribution is -2.15. The Morgan fingerprint density at radius 1 is 1.19 bits per heavy atom. The fourth-order valence-electron chi connectivity index (χ4n) is 3.06. The van der Waals surface area contributed by atoms with Crippen molar-refractivity contribution in [2.45, 2.75) is 33.1 Å². The molecular formula is C22H24N2O3. The second-order valence-corrected chi connectivity index (χ2v) is 6.81. The molecule has 1 aromatic heterocycles. The minimum atomic E-state index is -0.215. The molecule has 1 amide bonds. The van der Waals surface area contributed by atoms with E-state index in [1.54, 1.807) is 14.0 Å². The van der Waals surface area contributed by atoms with Gasteiger partial charge in [0.15, 0.2) is 5.76 Å². The highest BCUT2D eigenvalue weighted by molar-refractivity contribution is 6.05. The number of nitrogens with one attached hydrogen (secondary N) is 1. The Labute approximate surface area is 159 Å². The predicted octanol–water partition coefficient (Wildman–Crippen LogP) is 4.96. The molecule has 0 unspecified atom stereocenters. The number of nitrogens with zero attached hydrogens (tertiary/aromatic N) is 1. The van der Waals surface area contributed by atoms with Gasteiger partial charge in [-0.1, -0.05) is 49.3 Å². The van der Waals surface area contributed by atoms with E-state index >= 15 is 0 Å². The van der Waals surface area contributed by atoms with Gasteiger partial charge in [-0.25, -0.2) is 0 Å². The number of benzene rings is 2. The quantitative estimate of drug-likeness (QED) is 0.671. The van der Waals surface area contributed by atoms with Crippen molar-refractivity contribution in [3.05, 3.63) is 76.7 Å². The minimum absolute atomic E-state index is 0.0801. The summed E-state index contributed by atoms with van der Waals surface area (Å²) < 4.78 is 10.8. The zero-order valence-electron chi connectivity index (χ0n) is 16.1. The van der Waals surface area contributed by atoms with Gasteiger partial charge in [0.1, 0.15) is 11.3 Å². The van der Waals surface area contributed by atoms with Gasteiger partial charge in [0.05, 0.1) is 12.8 Å². The van der Waals surface area contributed by atoms with Crippen LogP contribution in [-0.4, -0.2) is 18.2 Å². The molecule has 0 bridgehead atoms. The molecule has 0 atom stereocenters. The molecule has 0 spiro atoms. The molecule has 5 heteroatoms. The van der Waals surface area contributed by atoms with Gasteiger partial charge in [0.25, 0.3) is 5.91 Å². The highest BCUT2D eigenvalue weighted by atomic mass is 16.5. The number of hydrogen-bond donors (Lipinski definition) is 1. The summed E-state index contributed by atoms with van der Waals surface area (Å²) in [6.07, 6.45) is 0.720. The number of methoxy groups -OCH3 is 1. The van der Waals surface area contributed by atoms with Gasteiger partial charge in [-0.05, 0) is 30.7 Å². The van der Waals surface area contributed by atoms with Crippen LogP contribution in [0.15, 0.2) is 53.1 Å². The van der Waals surface area contributed by atoms with E-state index in [9.17, 15) is 4.79 Å². The number of rotatable bonds is 6. The second-order valence-electron chi connectivity index (χ2n) is 6.81. The number of aryl methyl sites for hydroxylation is 1. The van der Waals surface area contributed by atoms with Crippen LogP contribution in [0.4, 0.5) is 5.69 Å². The number of aromatic nitrogens is 1. The molecular weight excluding hydrogens is 340 g/mol. The van der Waals surface area contributed by atoms with Gasteiger partial charge in [0.2, 0.25) is 0 Å². The first-order chi connectivity index (χ1) is 13.0. The molecule has 0 saturated heterocycles. The van der Waals surface area contributed by atoms with Crippen LogP contribution in [0.5, 0.6) is 5.75 Å². The normalized spacial score (nSPS) is 10.9. The standard InChI is InChI=1S/C22H24N2O3/c1-14(2)21-20(15(3)24-27-21)22(25)23-18-10-11-19(26-4)17(13-18)12-16-8-6-5-7-9-16/h5-11,13-14H,12H2,1-4H3,(H,23,25). The van der Waals surface area contributed by atoms with Crippen LogP contribution in [0.2, 0.25) is 0 Å².